The van der Waals surface area contributed by atoms with Crippen LogP contribution in [-0.4, -0.2) is 42.1 Å². The molecule has 0 radical (unpaired) electrons. The maximum absolute atomic E-state index is 9.17. The van der Waals surface area contributed by atoms with E-state index in [2.05, 4.69) is 19.0 Å². The van der Waals surface area contributed by atoms with Crippen LogP contribution in [0.1, 0.15) is 90.4 Å². The summed E-state index contributed by atoms with van der Waals surface area (Å²) in [6.45, 7) is 2.99. The van der Waals surface area contributed by atoms with Gasteiger partial charge in [0.15, 0.2) is 0 Å². The predicted molar refractivity (Wildman–Crippen MR) is 99.9 cm³/mol. The van der Waals surface area contributed by atoms with Crippen LogP contribution in [-0.2, 0) is 0 Å². The lowest BCUT2D eigenvalue weighted by atomic mass is 10.0. The van der Waals surface area contributed by atoms with Crippen molar-refractivity contribution in [1.29, 1.82) is 0 Å². The van der Waals surface area contributed by atoms with E-state index in [9.17, 15) is 5.11 Å². The zero-order valence-corrected chi connectivity index (χ0v) is 16.1. The monoisotopic (exact) mass is 333 g/mol. The van der Waals surface area contributed by atoms with Crippen LogP contribution in [0.2, 0.25) is 0 Å². The van der Waals surface area contributed by atoms with Gasteiger partial charge < -0.3 is 10.0 Å². The normalized spacial score (nSPS) is 14.5. The molecule has 0 aromatic heterocycles. The van der Waals surface area contributed by atoms with E-state index < -0.39 is 0 Å². The van der Waals surface area contributed by atoms with Crippen LogP contribution in [0.25, 0.3) is 0 Å². The van der Waals surface area contributed by atoms with E-state index >= 15 is 0 Å². The molecule has 0 saturated carbocycles. The Labute approximate surface area is 144 Å². The van der Waals surface area contributed by atoms with E-state index in [1.807, 2.05) is 6.92 Å². The Hall–Kier alpha value is 0.210. The molecule has 0 aliphatic heterocycles. The van der Waals surface area contributed by atoms with E-state index in [4.69, 9.17) is 11.6 Å². The first kappa shape index (κ1) is 22.2. The molecule has 134 valence electrons. The van der Waals surface area contributed by atoms with Gasteiger partial charge in [-0.05, 0) is 46.8 Å². The van der Waals surface area contributed by atoms with Crippen molar-refractivity contribution in [3.63, 3.8) is 0 Å². The van der Waals surface area contributed by atoms with Crippen LogP contribution in [0.3, 0.4) is 0 Å². The van der Waals surface area contributed by atoms with Crippen LogP contribution in [0, 0.1) is 0 Å². The molecule has 0 aliphatic rings. The van der Waals surface area contributed by atoms with Crippen molar-refractivity contribution in [2.24, 2.45) is 0 Å². The number of rotatable bonds is 16. The SMILES string of the molecule is CC(O)CCCCCCCCCCCCC(Cl)CCN(C)C. The average Bonchev–Trinajstić information content (AvgIpc) is 2.45. The molecule has 0 aromatic rings. The summed E-state index contributed by atoms with van der Waals surface area (Å²) in [5, 5.41) is 9.54. The van der Waals surface area contributed by atoms with Crippen LogP contribution >= 0.6 is 11.6 Å². The molecule has 0 spiro atoms. The molecule has 2 nitrogen and oxygen atoms in total. The second kappa shape index (κ2) is 16.1. The highest BCUT2D eigenvalue weighted by molar-refractivity contribution is 6.20. The molecular weight excluding hydrogens is 294 g/mol. The fraction of sp³-hybridized carbons (Fsp3) is 1.00. The van der Waals surface area contributed by atoms with Crippen LogP contribution < -0.4 is 0 Å². The molecular formula is C19H40ClNO. The van der Waals surface area contributed by atoms with Crippen molar-refractivity contribution < 1.29 is 5.11 Å². The average molecular weight is 334 g/mol. The Morgan fingerprint density at radius 1 is 0.727 bits per heavy atom. The first-order chi connectivity index (χ1) is 10.5. The van der Waals surface area contributed by atoms with Gasteiger partial charge in [-0.3, -0.25) is 0 Å². The molecule has 0 bridgehead atoms. The van der Waals surface area contributed by atoms with Gasteiger partial charge in [-0.15, -0.1) is 11.6 Å². The molecule has 2 atom stereocenters. The van der Waals surface area contributed by atoms with Gasteiger partial charge in [-0.2, -0.15) is 0 Å². The number of unbranched alkanes of at least 4 members (excludes halogenated alkanes) is 9. The summed E-state index contributed by atoms with van der Waals surface area (Å²) >= 11 is 6.33. The molecule has 0 heterocycles. The number of nitrogens with zero attached hydrogens (tertiary/aromatic N) is 1. The molecule has 0 saturated heterocycles. The Kier molecular flexibility index (Phi) is 16.2. The number of halogens is 1. The number of hydrogen-bond donors (Lipinski definition) is 1. The van der Waals surface area contributed by atoms with Gasteiger partial charge >= 0.3 is 0 Å². The van der Waals surface area contributed by atoms with E-state index in [0.717, 1.165) is 19.4 Å². The molecule has 0 aliphatic carbocycles. The van der Waals surface area contributed by atoms with E-state index in [1.165, 1.54) is 70.6 Å². The maximum atomic E-state index is 9.17. The third kappa shape index (κ3) is 18.3. The lowest BCUT2D eigenvalue weighted by Gasteiger charge is -2.13. The fourth-order valence-electron chi connectivity index (χ4n) is 2.76. The van der Waals surface area contributed by atoms with Crippen molar-refractivity contribution in [2.45, 2.75) is 102 Å². The number of hydrogen-bond acceptors (Lipinski definition) is 2. The molecule has 22 heavy (non-hydrogen) atoms. The largest absolute Gasteiger partial charge is 0.393 e. The number of aliphatic hydroxyl groups excluding tert-OH is 1. The summed E-state index contributed by atoms with van der Waals surface area (Å²) in [6, 6.07) is 0. The summed E-state index contributed by atoms with van der Waals surface area (Å²) in [6.07, 6.45) is 16.5. The Morgan fingerprint density at radius 2 is 1.14 bits per heavy atom. The third-order valence-electron chi connectivity index (χ3n) is 4.28. The Morgan fingerprint density at radius 3 is 1.55 bits per heavy atom. The topological polar surface area (TPSA) is 23.5 Å². The van der Waals surface area contributed by atoms with Crippen molar-refractivity contribution in [1.82, 2.24) is 4.90 Å². The number of alkyl halides is 1. The van der Waals surface area contributed by atoms with Gasteiger partial charge in [0.2, 0.25) is 0 Å². The van der Waals surface area contributed by atoms with Crippen molar-refractivity contribution in [2.75, 3.05) is 20.6 Å². The molecule has 0 aromatic carbocycles. The minimum atomic E-state index is -0.115. The fourth-order valence-corrected chi connectivity index (χ4v) is 3.01. The quantitative estimate of drug-likeness (QED) is 0.293. The molecule has 1 N–H and O–H groups in total. The summed E-state index contributed by atoms with van der Waals surface area (Å²) in [4.78, 5) is 2.21. The Balaban J connectivity index is 3.11. The van der Waals surface area contributed by atoms with Crippen LogP contribution in [0.5, 0.6) is 0 Å². The predicted octanol–water partition coefficient (Wildman–Crippen LogP) is 5.61. The van der Waals surface area contributed by atoms with Gasteiger partial charge in [-0.25, -0.2) is 0 Å². The van der Waals surface area contributed by atoms with E-state index in [-0.39, 0.29) is 6.10 Å². The minimum Gasteiger partial charge on any atom is -0.393 e. The summed E-state index contributed by atoms with van der Waals surface area (Å²) in [5.74, 6) is 0. The molecule has 0 rings (SSSR count). The smallest absolute Gasteiger partial charge is 0.0512 e. The van der Waals surface area contributed by atoms with Crippen LogP contribution in [0.4, 0.5) is 0 Å². The summed E-state index contributed by atoms with van der Waals surface area (Å²) < 4.78 is 0. The van der Waals surface area contributed by atoms with Gasteiger partial charge in [0.1, 0.15) is 0 Å². The zero-order valence-electron chi connectivity index (χ0n) is 15.3. The molecule has 2 unspecified atom stereocenters. The van der Waals surface area contributed by atoms with Crippen molar-refractivity contribution >= 4 is 11.6 Å². The van der Waals surface area contributed by atoms with Gasteiger partial charge in [0.05, 0.1) is 6.10 Å². The second-order valence-corrected chi connectivity index (χ2v) is 7.77. The highest BCUT2D eigenvalue weighted by Gasteiger charge is 2.04. The maximum Gasteiger partial charge on any atom is 0.0512 e. The highest BCUT2D eigenvalue weighted by Crippen LogP contribution is 2.15. The minimum absolute atomic E-state index is 0.115. The third-order valence-corrected chi connectivity index (χ3v) is 4.72. The van der Waals surface area contributed by atoms with E-state index in [0.29, 0.717) is 5.38 Å². The molecule has 0 fully saturated rings. The first-order valence-electron chi connectivity index (χ1n) is 9.49. The Bertz CT molecular complexity index is 221. The van der Waals surface area contributed by atoms with Gasteiger partial charge in [0.25, 0.3) is 0 Å². The van der Waals surface area contributed by atoms with Crippen molar-refractivity contribution in [3.05, 3.63) is 0 Å². The lowest BCUT2D eigenvalue weighted by Crippen LogP contribution is -2.16. The lowest BCUT2D eigenvalue weighted by molar-refractivity contribution is 0.180. The zero-order chi connectivity index (χ0) is 16.6. The van der Waals surface area contributed by atoms with E-state index in [1.54, 1.807) is 0 Å². The summed E-state index contributed by atoms with van der Waals surface area (Å²) in [7, 11) is 4.22. The van der Waals surface area contributed by atoms with Gasteiger partial charge in [-0.1, -0.05) is 64.2 Å². The van der Waals surface area contributed by atoms with Crippen LogP contribution in [0.15, 0.2) is 0 Å². The summed E-state index contributed by atoms with van der Waals surface area (Å²) in [5.41, 5.74) is 0. The molecule has 3 heteroatoms. The standard InChI is InChI=1S/C19H40ClNO/c1-18(22)14-12-10-8-6-4-5-7-9-11-13-15-19(20)16-17-21(2)3/h18-19,22H,4-17H2,1-3H3. The highest BCUT2D eigenvalue weighted by atomic mass is 35.5. The second-order valence-electron chi connectivity index (χ2n) is 7.15. The van der Waals surface area contributed by atoms with Crippen molar-refractivity contribution in [3.8, 4) is 0 Å². The number of aliphatic hydroxyl groups is 1. The first-order valence-corrected chi connectivity index (χ1v) is 9.93. The van der Waals surface area contributed by atoms with Gasteiger partial charge in [0, 0.05) is 5.38 Å². The molecule has 0 amide bonds.